The van der Waals surface area contributed by atoms with Crippen LogP contribution in [0.3, 0.4) is 0 Å². The number of ether oxygens (including phenoxy) is 5. The number of piperidine rings is 1. The number of carbonyl (C=O) groups is 2. The van der Waals surface area contributed by atoms with Crippen molar-refractivity contribution in [2.75, 3.05) is 26.5 Å². The van der Waals surface area contributed by atoms with Crippen molar-refractivity contribution in [2.45, 2.75) is 69.4 Å². The molecule has 4 aromatic rings. The van der Waals surface area contributed by atoms with Gasteiger partial charge in [0.2, 0.25) is 0 Å². The summed E-state index contributed by atoms with van der Waals surface area (Å²) >= 11 is 6.85. The quantitative estimate of drug-likeness (QED) is 0.109. The number of sulfone groups is 1. The van der Waals surface area contributed by atoms with Crippen molar-refractivity contribution in [2.24, 2.45) is 0 Å². The number of esters is 1. The summed E-state index contributed by atoms with van der Waals surface area (Å²) in [4.78, 5) is 29.9. The molecule has 1 unspecified atom stereocenters. The third-order valence-corrected chi connectivity index (χ3v) is 10.7. The normalized spacial score (nSPS) is 17.3. The van der Waals surface area contributed by atoms with E-state index in [4.69, 9.17) is 35.3 Å². The molecule has 13 heteroatoms. The zero-order chi connectivity index (χ0) is 36.8. The number of likely N-dealkylation sites (tertiary alicyclic amines) is 1. The third kappa shape index (κ3) is 8.68. The first kappa shape index (κ1) is 37.1. The van der Waals surface area contributed by atoms with Crippen LogP contribution >= 0.6 is 11.6 Å². The molecule has 11 nitrogen and oxygen atoms in total. The van der Waals surface area contributed by atoms with Crippen molar-refractivity contribution in [3.05, 3.63) is 94.3 Å². The molecule has 3 aromatic carbocycles. The van der Waals surface area contributed by atoms with Crippen molar-refractivity contribution in [3.8, 4) is 34.1 Å². The van der Waals surface area contributed by atoms with Crippen LogP contribution in [0.4, 0.5) is 0 Å². The van der Waals surface area contributed by atoms with Crippen LogP contribution in [0.2, 0.25) is 5.02 Å². The van der Waals surface area contributed by atoms with E-state index in [9.17, 15) is 18.0 Å². The minimum Gasteiger partial charge on any atom is -0.488 e. The zero-order valence-electron chi connectivity index (χ0n) is 29.3. The molecule has 1 aromatic heterocycles. The third-order valence-electron chi connectivity index (χ3n) is 9.33. The summed E-state index contributed by atoms with van der Waals surface area (Å²) in [7, 11) is -2.07. The maximum absolute atomic E-state index is 12.6. The lowest BCUT2D eigenvalue weighted by Gasteiger charge is -2.34. The Morgan fingerprint density at radius 1 is 1.02 bits per heavy atom. The van der Waals surface area contributed by atoms with E-state index in [2.05, 4.69) is 9.88 Å². The Balaban J connectivity index is 1.25. The average molecular weight is 749 g/mol. The second kappa shape index (κ2) is 16.4. The van der Waals surface area contributed by atoms with Gasteiger partial charge < -0.3 is 28.5 Å². The molecule has 274 valence electrons. The van der Waals surface area contributed by atoms with Crippen LogP contribution in [-0.4, -0.2) is 69.2 Å². The van der Waals surface area contributed by atoms with E-state index < -0.39 is 9.84 Å². The highest BCUT2D eigenvalue weighted by Crippen LogP contribution is 2.39. The Bertz CT molecular complexity index is 2060. The van der Waals surface area contributed by atoms with Crippen LogP contribution < -0.4 is 18.9 Å². The molecule has 0 radical (unpaired) electrons. The average Bonchev–Trinajstić information content (AvgIpc) is 3.14. The van der Waals surface area contributed by atoms with E-state index in [1.54, 1.807) is 18.3 Å². The predicted molar refractivity (Wildman–Crippen MR) is 195 cm³/mol. The molecule has 0 N–H and O–H groups in total. The first-order valence-corrected chi connectivity index (χ1v) is 19.3. The first-order chi connectivity index (χ1) is 25.0. The van der Waals surface area contributed by atoms with E-state index in [1.165, 1.54) is 19.4 Å². The molecule has 3 heterocycles. The summed E-state index contributed by atoms with van der Waals surface area (Å²) in [6.07, 6.45) is 7.30. The van der Waals surface area contributed by atoms with E-state index in [0.717, 1.165) is 53.2 Å². The highest BCUT2D eigenvalue weighted by molar-refractivity contribution is 7.90. The molecule has 2 aliphatic rings. The number of rotatable bonds is 13. The molecule has 0 spiro atoms. The Labute approximate surface area is 308 Å². The van der Waals surface area contributed by atoms with Crippen molar-refractivity contribution >= 4 is 33.7 Å². The number of carbonyl (C=O) groups excluding carboxylic acids is 2. The summed E-state index contributed by atoms with van der Waals surface area (Å²) < 4.78 is 53.9. The van der Waals surface area contributed by atoms with Crippen LogP contribution in [0, 0.1) is 6.92 Å². The van der Waals surface area contributed by atoms with Crippen LogP contribution in [0.15, 0.2) is 71.9 Å². The largest absolute Gasteiger partial charge is 0.488 e. The Morgan fingerprint density at radius 3 is 2.63 bits per heavy atom. The molecule has 52 heavy (non-hydrogen) atoms. The number of fused-ring (bicyclic) bond motifs is 1. The number of nitrogens with zero attached hydrogens (tertiary/aromatic N) is 2. The molecular formula is C39H41ClN2O9S. The Morgan fingerprint density at radius 2 is 1.85 bits per heavy atom. The van der Waals surface area contributed by atoms with Crippen LogP contribution in [0.5, 0.6) is 23.0 Å². The highest BCUT2D eigenvalue weighted by Gasteiger charge is 2.30. The highest BCUT2D eigenvalue weighted by atomic mass is 35.5. The van der Waals surface area contributed by atoms with Crippen LogP contribution in [0.1, 0.15) is 47.9 Å². The molecule has 1 fully saturated rings. The minimum absolute atomic E-state index is 0.0391. The minimum atomic E-state index is -3.46. The lowest BCUT2D eigenvalue weighted by molar-refractivity contribution is -0.148. The van der Waals surface area contributed by atoms with Gasteiger partial charge in [-0.3, -0.25) is 14.7 Å². The van der Waals surface area contributed by atoms with Gasteiger partial charge in [-0.15, -0.1) is 0 Å². The van der Waals surface area contributed by atoms with Crippen LogP contribution in [0.25, 0.3) is 11.1 Å². The van der Waals surface area contributed by atoms with Gasteiger partial charge in [-0.1, -0.05) is 42.3 Å². The number of aromatic nitrogens is 1. The topological polar surface area (TPSA) is 131 Å². The maximum atomic E-state index is 12.6. The SMILES string of the molecule is COC(=O)[C@@H]1CCCCN1Cc1cc(Cl)c(OCc2cccc(-c3ccc4c(c3)OC(CC=O)CO4)c2C)cc1OCc1cncc(S(C)(=O)=O)c1. The number of hydrogen-bond donors (Lipinski definition) is 0. The summed E-state index contributed by atoms with van der Waals surface area (Å²) in [5.41, 5.74) is 5.18. The molecule has 0 aliphatic carbocycles. The smallest absolute Gasteiger partial charge is 0.323 e. The molecule has 2 aliphatic heterocycles. The zero-order valence-corrected chi connectivity index (χ0v) is 30.9. The van der Waals surface area contributed by atoms with E-state index in [1.807, 2.05) is 43.3 Å². The maximum Gasteiger partial charge on any atom is 0.323 e. The summed E-state index contributed by atoms with van der Waals surface area (Å²) in [5, 5.41) is 0.375. The van der Waals surface area contributed by atoms with Crippen molar-refractivity contribution in [1.29, 1.82) is 0 Å². The summed E-state index contributed by atoms with van der Waals surface area (Å²) in [5.74, 6) is 1.83. The van der Waals surface area contributed by atoms with Gasteiger partial charge in [-0.05, 0) is 72.8 Å². The standard InChI is InChI=1S/C39H41ClN2O9S/c1-25-28(7-6-8-32(25)27-10-11-35-38(17-27)51-30(12-14-43)24-50-35)23-49-37-18-36(48-22-26-15-31(20-41-19-26)52(3,45)46)29(16-33(37)40)21-42-13-5-4-9-34(42)39(44)47-2/h6-8,10-11,14-20,30,34H,4-5,9,12-13,21-24H2,1-3H3/t30?,34-/m0/s1. The second-order valence-corrected chi connectivity index (χ2v) is 15.4. The van der Waals surface area contributed by atoms with Gasteiger partial charge in [0.15, 0.2) is 21.3 Å². The fourth-order valence-electron chi connectivity index (χ4n) is 6.47. The number of pyridine rings is 1. The monoisotopic (exact) mass is 748 g/mol. The number of aldehydes is 1. The van der Waals surface area contributed by atoms with Crippen molar-refractivity contribution < 1.29 is 41.7 Å². The molecular weight excluding hydrogens is 708 g/mol. The summed E-state index contributed by atoms with van der Waals surface area (Å²) in [6.45, 7) is 3.68. The second-order valence-electron chi connectivity index (χ2n) is 13.0. The van der Waals surface area contributed by atoms with Gasteiger partial charge in [-0.25, -0.2) is 8.42 Å². The lowest BCUT2D eigenvalue weighted by atomic mass is 9.96. The molecule has 1 saturated heterocycles. The van der Waals surface area contributed by atoms with Crippen molar-refractivity contribution in [3.63, 3.8) is 0 Å². The molecule has 0 amide bonds. The lowest BCUT2D eigenvalue weighted by Crippen LogP contribution is -2.44. The van der Waals surface area contributed by atoms with E-state index >= 15 is 0 Å². The van der Waals surface area contributed by atoms with E-state index in [0.29, 0.717) is 59.7 Å². The van der Waals surface area contributed by atoms with E-state index in [-0.39, 0.29) is 42.6 Å². The molecule has 0 bridgehead atoms. The Kier molecular flexibility index (Phi) is 11.7. The van der Waals surface area contributed by atoms with Crippen LogP contribution in [-0.2, 0) is 43.9 Å². The van der Waals surface area contributed by atoms with Gasteiger partial charge in [0.25, 0.3) is 0 Å². The van der Waals surface area contributed by atoms with Gasteiger partial charge in [0.1, 0.15) is 49.8 Å². The fraction of sp³-hybridized carbons (Fsp3) is 0.359. The van der Waals surface area contributed by atoms with Gasteiger partial charge in [-0.2, -0.15) is 0 Å². The van der Waals surface area contributed by atoms with Gasteiger partial charge in [0.05, 0.1) is 17.0 Å². The van der Waals surface area contributed by atoms with Crippen molar-refractivity contribution in [1.82, 2.24) is 9.88 Å². The van der Waals surface area contributed by atoms with Gasteiger partial charge >= 0.3 is 5.97 Å². The molecule has 6 rings (SSSR count). The number of methoxy groups -OCH3 is 1. The summed E-state index contributed by atoms with van der Waals surface area (Å²) in [6, 6.07) is 16.4. The number of hydrogen-bond acceptors (Lipinski definition) is 11. The Hall–Kier alpha value is -4.65. The fourth-order valence-corrected chi connectivity index (χ4v) is 7.33. The number of halogens is 1. The number of benzene rings is 3. The molecule has 0 saturated carbocycles. The first-order valence-electron chi connectivity index (χ1n) is 17.0. The van der Waals surface area contributed by atoms with Gasteiger partial charge in [0, 0.05) is 48.8 Å². The predicted octanol–water partition coefficient (Wildman–Crippen LogP) is 6.53. The molecule has 2 atom stereocenters.